The molecule has 5 fully saturated rings. The molecule has 0 amide bonds. The standard InChI is InChI=1S/C37H56O2/c1-24(2)26-16-20-34(5)22-23-35(6)27(31(26)34)14-15-29-36(35,7)21-17-28-33(3,4)19-18-30(37(28,29)8)39-32(38)25-12-10-9-11-13-25/h9-13,24,26-31H,14-23H2,1-8H3/t26-,27+,28-,29-,30-,31+,34+,35+,36-,37+/m0/s1. The molecule has 1 aromatic carbocycles. The van der Waals surface area contributed by atoms with Gasteiger partial charge in [-0.25, -0.2) is 4.79 Å². The van der Waals surface area contributed by atoms with Gasteiger partial charge in [-0.1, -0.05) is 73.6 Å². The Hall–Kier alpha value is -1.31. The number of ether oxygens (including phenoxy) is 1. The Balaban J connectivity index is 1.38. The first-order chi connectivity index (χ1) is 18.3. The lowest BCUT2D eigenvalue weighted by Crippen LogP contribution is -2.68. The van der Waals surface area contributed by atoms with Crippen LogP contribution in [0.4, 0.5) is 0 Å². The molecule has 0 heterocycles. The molecule has 0 bridgehead atoms. The van der Waals surface area contributed by atoms with Gasteiger partial charge in [-0.05, 0) is 134 Å². The van der Waals surface area contributed by atoms with Crippen LogP contribution in [-0.2, 0) is 4.74 Å². The maximum atomic E-state index is 13.5. The van der Waals surface area contributed by atoms with Crippen molar-refractivity contribution in [1.82, 2.24) is 0 Å². The summed E-state index contributed by atoms with van der Waals surface area (Å²) < 4.78 is 6.60. The van der Waals surface area contributed by atoms with Crippen molar-refractivity contribution < 1.29 is 9.53 Å². The van der Waals surface area contributed by atoms with E-state index in [9.17, 15) is 4.79 Å². The first kappa shape index (κ1) is 27.8. The van der Waals surface area contributed by atoms with Crippen molar-refractivity contribution in [2.45, 2.75) is 126 Å². The molecule has 0 N–H and O–H groups in total. The van der Waals surface area contributed by atoms with E-state index >= 15 is 0 Å². The summed E-state index contributed by atoms with van der Waals surface area (Å²) in [6, 6.07) is 9.71. The fraction of sp³-hybridized carbons (Fsp3) is 0.811. The van der Waals surface area contributed by atoms with E-state index in [-0.39, 0.29) is 17.5 Å². The molecule has 0 spiro atoms. The van der Waals surface area contributed by atoms with Crippen LogP contribution in [0.15, 0.2) is 30.3 Å². The third-order valence-corrected chi connectivity index (χ3v) is 14.9. The van der Waals surface area contributed by atoms with E-state index in [2.05, 4.69) is 55.4 Å². The van der Waals surface area contributed by atoms with Crippen molar-refractivity contribution in [2.75, 3.05) is 0 Å². The minimum atomic E-state index is -0.119. The number of hydrogen-bond acceptors (Lipinski definition) is 2. The number of carbonyl (C=O) groups excluding carboxylic acids is 1. The number of hydrogen-bond donors (Lipinski definition) is 0. The fourth-order valence-corrected chi connectivity index (χ4v) is 12.7. The molecule has 5 saturated carbocycles. The van der Waals surface area contributed by atoms with Crippen LogP contribution in [-0.4, -0.2) is 12.1 Å². The summed E-state index contributed by atoms with van der Waals surface area (Å²) in [6.45, 7) is 20.7. The number of fused-ring (bicyclic) bond motifs is 7. The third-order valence-electron chi connectivity index (χ3n) is 14.9. The quantitative estimate of drug-likeness (QED) is 0.362. The van der Waals surface area contributed by atoms with E-state index in [0.717, 1.165) is 36.5 Å². The third kappa shape index (κ3) is 3.81. The van der Waals surface area contributed by atoms with Gasteiger partial charge >= 0.3 is 5.97 Å². The molecule has 10 atom stereocenters. The van der Waals surface area contributed by atoms with Crippen LogP contribution < -0.4 is 0 Å². The fourth-order valence-electron chi connectivity index (χ4n) is 12.7. The minimum absolute atomic E-state index is 0.0109. The second kappa shape index (κ2) is 9.09. The minimum Gasteiger partial charge on any atom is -0.458 e. The van der Waals surface area contributed by atoms with Crippen LogP contribution in [0, 0.1) is 62.6 Å². The molecule has 0 saturated heterocycles. The average Bonchev–Trinajstić information content (AvgIpc) is 3.24. The molecular formula is C37H56O2. The summed E-state index contributed by atoms with van der Waals surface area (Å²) in [5.74, 6) is 4.50. The monoisotopic (exact) mass is 532 g/mol. The van der Waals surface area contributed by atoms with Gasteiger partial charge in [0.05, 0.1) is 5.56 Å². The Bertz CT molecular complexity index is 1090. The maximum absolute atomic E-state index is 13.5. The number of carbonyl (C=O) groups is 1. The van der Waals surface area contributed by atoms with E-state index in [4.69, 9.17) is 4.74 Å². The molecule has 0 aliphatic heterocycles. The SMILES string of the molecule is CC(C)[C@@H]1CC[C@]2(C)CC[C@]3(C)[C@H](CC[C@@H]4[C@]5(C)[C@@H](OC(=O)c6ccccc6)CCC(C)(C)[C@@H]5CC[C@@]43C)[C@@H]12. The van der Waals surface area contributed by atoms with E-state index in [1.165, 1.54) is 51.4 Å². The molecule has 2 nitrogen and oxygen atoms in total. The van der Waals surface area contributed by atoms with Crippen LogP contribution >= 0.6 is 0 Å². The Morgan fingerprint density at radius 3 is 2.18 bits per heavy atom. The van der Waals surface area contributed by atoms with Crippen molar-refractivity contribution >= 4 is 5.97 Å². The highest BCUT2D eigenvalue weighted by Gasteiger charge is 2.71. The largest absolute Gasteiger partial charge is 0.458 e. The molecule has 5 aliphatic rings. The lowest BCUT2D eigenvalue weighted by molar-refractivity contribution is -0.260. The molecule has 0 radical (unpaired) electrons. The van der Waals surface area contributed by atoms with Crippen LogP contribution in [0.1, 0.15) is 130 Å². The molecule has 0 aromatic heterocycles. The Morgan fingerprint density at radius 1 is 0.769 bits per heavy atom. The first-order valence-electron chi connectivity index (χ1n) is 16.5. The maximum Gasteiger partial charge on any atom is 0.338 e. The predicted octanol–water partition coefficient (Wildman–Crippen LogP) is 9.97. The van der Waals surface area contributed by atoms with E-state index < -0.39 is 0 Å². The molecule has 0 unspecified atom stereocenters. The zero-order valence-corrected chi connectivity index (χ0v) is 26.3. The second-order valence-electron chi connectivity index (χ2n) is 16.9. The second-order valence-corrected chi connectivity index (χ2v) is 16.9. The van der Waals surface area contributed by atoms with Gasteiger partial charge in [0.1, 0.15) is 6.10 Å². The number of esters is 1. The van der Waals surface area contributed by atoms with Crippen molar-refractivity contribution in [2.24, 2.45) is 62.6 Å². The summed E-state index contributed by atoms with van der Waals surface area (Å²) in [5.41, 5.74) is 2.25. The summed E-state index contributed by atoms with van der Waals surface area (Å²) in [6.07, 6.45) is 13.2. The average molecular weight is 533 g/mol. The van der Waals surface area contributed by atoms with Crippen LogP contribution in [0.2, 0.25) is 0 Å². The zero-order chi connectivity index (χ0) is 28.0. The van der Waals surface area contributed by atoms with Gasteiger partial charge in [-0.3, -0.25) is 0 Å². The highest BCUT2D eigenvalue weighted by molar-refractivity contribution is 5.89. The van der Waals surface area contributed by atoms with E-state index in [1.807, 2.05) is 30.3 Å². The van der Waals surface area contributed by atoms with Gasteiger partial charge in [0.2, 0.25) is 0 Å². The Morgan fingerprint density at radius 2 is 1.49 bits per heavy atom. The zero-order valence-electron chi connectivity index (χ0n) is 26.3. The Kier molecular flexibility index (Phi) is 6.49. The van der Waals surface area contributed by atoms with E-state index in [0.29, 0.717) is 39.1 Å². The van der Waals surface area contributed by atoms with Crippen molar-refractivity contribution in [3.63, 3.8) is 0 Å². The molecular weight excluding hydrogens is 476 g/mol. The molecule has 6 rings (SSSR count). The molecule has 216 valence electrons. The van der Waals surface area contributed by atoms with Crippen molar-refractivity contribution in [3.8, 4) is 0 Å². The summed E-state index contributed by atoms with van der Waals surface area (Å²) >= 11 is 0. The molecule has 1 aromatic rings. The van der Waals surface area contributed by atoms with E-state index in [1.54, 1.807) is 0 Å². The van der Waals surface area contributed by atoms with Gasteiger partial charge in [-0.2, -0.15) is 0 Å². The van der Waals surface area contributed by atoms with Crippen LogP contribution in [0.5, 0.6) is 0 Å². The van der Waals surface area contributed by atoms with Crippen molar-refractivity contribution in [3.05, 3.63) is 35.9 Å². The van der Waals surface area contributed by atoms with Crippen LogP contribution in [0.25, 0.3) is 0 Å². The van der Waals surface area contributed by atoms with Gasteiger partial charge in [0.15, 0.2) is 0 Å². The van der Waals surface area contributed by atoms with Gasteiger partial charge in [0, 0.05) is 5.41 Å². The normalized spacial score (nSPS) is 48.4. The highest BCUT2D eigenvalue weighted by atomic mass is 16.5. The number of benzene rings is 1. The Labute approximate surface area is 239 Å². The smallest absolute Gasteiger partial charge is 0.338 e. The molecule has 39 heavy (non-hydrogen) atoms. The van der Waals surface area contributed by atoms with Gasteiger partial charge in [0.25, 0.3) is 0 Å². The lowest BCUT2D eigenvalue weighted by Gasteiger charge is -2.73. The number of rotatable bonds is 3. The van der Waals surface area contributed by atoms with Gasteiger partial charge < -0.3 is 4.74 Å². The predicted molar refractivity (Wildman–Crippen MR) is 160 cm³/mol. The van der Waals surface area contributed by atoms with Gasteiger partial charge in [-0.15, -0.1) is 0 Å². The lowest BCUT2D eigenvalue weighted by atomic mass is 9.32. The van der Waals surface area contributed by atoms with Crippen molar-refractivity contribution in [1.29, 1.82) is 0 Å². The topological polar surface area (TPSA) is 26.3 Å². The summed E-state index contributed by atoms with van der Waals surface area (Å²) in [7, 11) is 0. The summed E-state index contributed by atoms with van der Waals surface area (Å²) in [5, 5.41) is 0. The molecule has 2 heteroatoms. The van der Waals surface area contributed by atoms with Crippen LogP contribution in [0.3, 0.4) is 0 Å². The summed E-state index contributed by atoms with van der Waals surface area (Å²) in [4.78, 5) is 13.5. The first-order valence-corrected chi connectivity index (χ1v) is 16.5. The highest BCUT2D eigenvalue weighted by Crippen LogP contribution is 2.77. The molecule has 5 aliphatic carbocycles.